The van der Waals surface area contributed by atoms with E-state index in [1.165, 1.54) is 11.3 Å². The average molecular weight is 207 g/mol. The molecule has 2 rings (SSSR count). The fraction of sp³-hybridized carbons (Fsp3) is 0.444. The lowest BCUT2D eigenvalue weighted by molar-refractivity contribution is 0.0937. The molecule has 0 unspecified atom stereocenters. The molecule has 0 saturated heterocycles. The second-order valence-corrected chi connectivity index (χ2v) is 4.46. The molecule has 0 aromatic carbocycles. The maximum absolute atomic E-state index is 11.6. The van der Waals surface area contributed by atoms with Crippen molar-refractivity contribution in [3.05, 3.63) is 16.1 Å². The van der Waals surface area contributed by atoms with Crippen molar-refractivity contribution in [2.45, 2.75) is 25.3 Å². The van der Waals surface area contributed by atoms with Gasteiger partial charge in [-0.05, 0) is 19.8 Å². The molecule has 1 amide bonds. The fourth-order valence-corrected chi connectivity index (χ4v) is 1.73. The highest BCUT2D eigenvalue weighted by Gasteiger charge is 2.44. The van der Waals surface area contributed by atoms with Gasteiger partial charge >= 0.3 is 0 Å². The predicted molar refractivity (Wildman–Crippen MR) is 51.9 cm³/mol. The van der Waals surface area contributed by atoms with Crippen molar-refractivity contribution in [2.75, 3.05) is 0 Å². The van der Waals surface area contributed by atoms with Crippen LogP contribution in [0.4, 0.5) is 0 Å². The quantitative estimate of drug-likeness (QED) is 0.793. The Morgan fingerprint density at radius 2 is 2.50 bits per heavy atom. The van der Waals surface area contributed by atoms with Crippen LogP contribution in [0.5, 0.6) is 0 Å². The van der Waals surface area contributed by atoms with Gasteiger partial charge in [0.25, 0.3) is 5.91 Å². The zero-order chi connectivity index (χ0) is 10.2. The maximum Gasteiger partial charge on any atom is 0.272 e. The summed E-state index contributed by atoms with van der Waals surface area (Å²) in [4.78, 5) is 15.6. The molecule has 1 heterocycles. The SMILES string of the molecule is Cc1nc(C(=O)NC2(C#N)CC2)cs1. The lowest BCUT2D eigenvalue weighted by Crippen LogP contribution is -2.35. The molecule has 0 aliphatic heterocycles. The number of carbonyl (C=O) groups excluding carboxylic acids is 1. The van der Waals surface area contributed by atoms with Crippen molar-refractivity contribution in [1.82, 2.24) is 10.3 Å². The van der Waals surface area contributed by atoms with Gasteiger partial charge in [0, 0.05) is 5.38 Å². The smallest absolute Gasteiger partial charge is 0.272 e. The van der Waals surface area contributed by atoms with Gasteiger partial charge in [0.1, 0.15) is 11.2 Å². The molecule has 1 aromatic rings. The van der Waals surface area contributed by atoms with Crippen molar-refractivity contribution < 1.29 is 4.79 Å². The molecule has 1 aromatic heterocycles. The molecule has 1 fully saturated rings. The lowest BCUT2D eigenvalue weighted by atomic mass is 10.3. The van der Waals surface area contributed by atoms with Crippen LogP contribution in [-0.4, -0.2) is 16.4 Å². The first kappa shape index (κ1) is 9.16. The van der Waals surface area contributed by atoms with Crippen LogP contribution in [-0.2, 0) is 0 Å². The largest absolute Gasteiger partial charge is 0.332 e. The summed E-state index contributed by atoms with van der Waals surface area (Å²) in [7, 11) is 0. The second kappa shape index (κ2) is 3.07. The van der Waals surface area contributed by atoms with Gasteiger partial charge in [0.2, 0.25) is 0 Å². The Balaban J connectivity index is 2.07. The number of nitrogens with zero attached hydrogens (tertiary/aromatic N) is 2. The van der Waals surface area contributed by atoms with E-state index in [4.69, 9.17) is 5.26 Å². The Morgan fingerprint density at radius 3 is 2.93 bits per heavy atom. The summed E-state index contributed by atoms with van der Waals surface area (Å²) >= 11 is 1.43. The molecule has 72 valence electrons. The van der Waals surface area contributed by atoms with Crippen molar-refractivity contribution >= 4 is 17.2 Å². The summed E-state index contributed by atoms with van der Waals surface area (Å²) in [5.74, 6) is -0.242. The number of amides is 1. The summed E-state index contributed by atoms with van der Waals surface area (Å²) < 4.78 is 0. The molecular weight excluding hydrogens is 198 g/mol. The summed E-state index contributed by atoms with van der Waals surface area (Å²) in [6, 6.07) is 2.10. The van der Waals surface area contributed by atoms with Crippen LogP contribution in [0.2, 0.25) is 0 Å². The highest BCUT2D eigenvalue weighted by Crippen LogP contribution is 2.34. The van der Waals surface area contributed by atoms with Gasteiger partial charge in [-0.15, -0.1) is 11.3 Å². The molecule has 1 aliphatic carbocycles. The summed E-state index contributed by atoms with van der Waals surface area (Å²) in [6.07, 6.45) is 1.50. The van der Waals surface area contributed by atoms with Crippen molar-refractivity contribution in [3.63, 3.8) is 0 Å². The van der Waals surface area contributed by atoms with Crippen molar-refractivity contribution in [2.24, 2.45) is 0 Å². The van der Waals surface area contributed by atoms with Crippen LogP contribution in [0.1, 0.15) is 28.3 Å². The first-order valence-corrected chi connectivity index (χ1v) is 5.19. The number of rotatable bonds is 2. The van der Waals surface area contributed by atoms with Crippen LogP contribution in [0.25, 0.3) is 0 Å². The van der Waals surface area contributed by atoms with E-state index in [1.807, 2.05) is 6.92 Å². The maximum atomic E-state index is 11.6. The van der Waals surface area contributed by atoms with Crippen LogP contribution < -0.4 is 5.32 Å². The minimum absolute atomic E-state index is 0.242. The monoisotopic (exact) mass is 207 g/mol. The standard InChI is InChI=1S/C9H9N3OS/c1-6-11-7(4-14-6)8(13)12-9(5-10)2-3-9/h4H,2-3H2,1H3,(H,12,13). The number of carbonyl (C=O) groups is 1. The van der Waals surface area contributed by atoms with Crippen LogP contribution in [0, 0.1) is 18.3 Å². The molecule has 1 saturated carbocycles. The summed E-state index contributed by atoms with van der Waals surface area (Å²) in [6.45, 7) is 1.85. The molecule has 1 N–H and O–H groups in total. The number of aromatic nitrogens is 1. The zero-order valence-corrected chi connectivity index (χ0v) is 8.52. The zero-order valence-electron chi connectivity index (χ0n) is 7.70. The Kier molecular flexibility index (Phi) is 2.01. The number of aryl methyl sites for hydroxylation is 1. The molecule has 0 bridgehead atoms. The van der Waals surface area contributed by atoms with Crippen LogP contribution in [0.3, 0.4) is 0 Å². The normalized spacial score (nSPS) is 17.1. The van der Waals surface area contributed by atoms with E-state index in [0.29, 0.717) is 5.69 Å². The Labute approximate surface area is 85.6 Å². The Morgan fingerprint density at radius 1 is 1.79 bits per heavy atom. The molecule has 4 nitrogen and oxygen atoms in total. The van der Waals surface area contributed by atoms with E-state index in [9.17, 15) is 4.79 Å². The predicted octanol–water partition coefficient (Wildman–Crippen LogP) is 1.24. The topological polar surface area (TPSA) is 65.8 Å². The molecule has 0 radical (unpaired) electrons. The minimum atomic E-state index is -0.603. The van der Waals surface area contributed by atoms with E-state index < -0.39 is 5.54 Å². The van der Waals surface area contributed by atoms with E-state index in [2.05, 4.69) is 16.4 Å². The number of hydrogen-bond donors (Lipinski definition) is 1. The molecule has 0 atom stereocenters. The van der Waals surface area contributed by atoms with E-state index >= 15 is 0 Å². The lowest BCUT2D eigenvalue weighted by Gasteiger charge is -2.06. The second-order valence-electron chi connectivity index (χ2n) is 3.40. The molecule has 14 heavy (non-hydrogen) atoms. The highest BCUT2D eigenvalue weighted by atomic mass is 32.1. The summed E-state index contributed by atoms with van der Waals surface area (Å²) in [5.41, 5.74) is -0.191. The first-order valence-electron chi connectivity index (χ1n) is 4.31. The number of thiazole rings is 1. The fourth-order valence-electron chi connectivity index (χ4n) is 1.14. The van der Waals surface area contributed by atoms with Crippen LogP contribution >= 0.6 is 11.3 Å². The third-order valence-electron chi connectivity index (χ3n) is 2.17. The van der Waals surface area contributed by atoms with Gasteiger partial charge < -0.3 is 5.32 Å². The van der Waals surface area contributed by atoms with Gasteiger partial charge in [-0.1, -0.05) is 0 Å². The Bertz CT molecular complexity index is 414. The van der Waals surface area contributed by atoms with Gasteiger partial charge in [-0.3, -0.25) is 4.79 Å². The van der Waals surface area contributed by atoms with E-state index in [-0.39, 0.29) is 5.91 Å². The third-order valence-corrected chi connectivity index (χ3v) is 2.94. The van der Waals surface area contributed by atoms with E-state index in [0.717, 1.165) is 17.8 Å². The van der Waals surface area contributed by atoms with Crippen molar-refractivity contribution in [3.8, 4) is 6.07 Å². The number of nitriles is 1. The highest BCUT2D eigenvalue weighted by molar-refractivity contribution is 7.09. The van der Waals surface area contributed by atoms with Gasteiger partial charge in [-0.2, -0.15) is 5.26 Å². The van der Waals surface area contributed by atoms with Gasteiger partial charge in [0.15, 0.2) is 0 Å². The minimum Gasteiger partial charge on any atom is -0.332 e. The van der Waals surface area contributed by atoms with Crippen LogP contribution in [0.15, 0.2) is 5.38 Å². The molecule has 1 aliphatic rings. The van der Waals surface area contributed by atoms with Crippen molar-refractivity contribution in [1.29, 1.82) is 5.26 Å². The molecule has 0 spiro atoms. The number of nitrogens with one attached hydrogen (secondary N) is 1. The van der Waals surface area contributed by atoms with Gasteiger partial charge in [-0.25, -0.2) is 4.98 Å². The number of hydrogen-bond acceptors (Lipinski definition) is 4. The Hall–Kier alpha value is -1.41. The molecular formula is C9H9N3OS. The third kappa shape index (κ3) is 1.61. The van der Waals surface area contributed by atoms with Gasteiger partial charge in [0.05, 0.1) is 11.1 Å². The average Bonchev–Trinajstić information content (AvgIpc) is 2.80. The molecule has 5 heteroatoms. The summed E-state index contributed by atoms with van der Waals surface area (Å²) in [5, 5.41) is 14.0. The van der Waals surface area contributed by atoms with E-state index in [1.54, 1.807) is 5.38 Å². The first-order chi connectivity index (χ1) is 6.65.